The number of benzene rings is 1. The van der Waals surface area contributed by atoms with Crippen molar-refractivity contribution in [3.05, 3.63) is 43.5 Å². The first kappa shape index (κ1) is 14.4. The first-order valence-corrected chi connectivity index (χ1v) is 7.53. The van der Waals surface area contributed by atoms with E-state index in [2.05, 4.69) is 15.9 Å². The number of hydrogen-bond acceptors (Lipinski definition) is 3. The number of carbonyl (C=O) groups excluding carboxylic acids is 1. The van der Waals surface area contributed by atoms with E-state index in [1.165, 1.54) is 16.2 Å². The van der Waals surface area contributed by atoms with Crippen LogP contribution in [0.15, 0.2) is 28.1 Å². The maximum atomic E-state index is 12.4. The van der Waals surface area contributed by atoms with E-state index in [0.717, 1.165) is 10.0 Å². The third-order valence-electron chi connectivity index (χ3n) is 2.75. The predicted octanol–water partition coefficient (Wildman–Crippen LogP) is 4.33. The van der Waals surface area contributed by atoms with Gasteiger partial charge in [-0.2, -0.15) is 0 Å². The molecule has 0 unspecified atom stereocenters. The molecule has 0 bridgehead atoms. The molecule has 0 atom stereocenters. The number of nitrogen functional groups attached to an aromatic ring is 1. The summed E-state index contributed by atoms with van der Waals surface area (Å²) in [5, 5.41) is 2.38. The molecule has 19 heavy (non-hydrogen) atoms. The van der Waals surface area contributed by atoms with Crippen molar-refractivity contribution in [2.75, 3.05) is 17.7 Å². The number of nitrogens with zero attached hydrogens (tertiary/aromatic N) is 1. The van der Waals surface area contributed by atoms with E-state index >= 15 is 0 Å². The summed E-state index contributed by atoms with van der Waals surface area (Å²) in [6.45, 7) is 1.88. The van der Waals surface area contributed by atoms with Crippen LogP contribution in [-0.4, -0.2) is 13.0 Å². The molecule has 0 saturated heterocycles. The molecule has 6 heteroatoms. The van der Waals surface area contributed by atoms with E-state index < -0.39 is 0 Å². The second-order valence-corrected chi connectivity index (χ2v) is 6.30. The van der Waals surface area contributed by atoms with Crippen LogP contribution in [0.2, 0.25) is 5.02 Å². The number of hydrogen-bond donors (Lipinski definition) is 1. The summed E-state index contributed by atoms with van der Waals surface area (Å²) in [5.74, 6) is -0.155. The maximum Gasteiger partial charge on any atom is 0.269 e. The Hall–Kier alpha value is -1.04. The van der Waals surface area contributed by atoms with Gasteiger partial charge in [0.2, 0.25) is 0 Å². The van der Waals surface area contributed by atoms with Crippen molar-refractivity contribution in [1.82, 2.24) is 0 Å². The first-order valence-electron chi connectivity index (χ1n) is 5.48. The van der Waals surface area contributed by atoms with Crippen LogP contribution in [0.5, 0.6) is 0 Å². The van der Waals surface area contributed by atoms with Crippen LogP contribution in [0.1, 0.15) is 15.2 Å². The van der Waals surface area contributed by atoms with Gasteiger partial charge >= 0.3 is 0 Å². The zero-order valence-corrected chi connectivity index (χ0v) is 13.6. The quantitative estimate of drug-likeness (QED) is 0.811. The summed E-state index contributed by atoms with van der Waals surface area (Å²) in [6.07, 6.45) is 0. The Labute approximate surface area is 129 Å². The molecule has 3 nitrogen and oxygen atoms in total. The van der Waals surface area contributed by atoms with Gasteiger partial charge in [0.05, 0.1) is 16.4 Å². The molecule has 2 rings (SSSR count). The van der Waals surface area contributed by atoms with Gasteiger partial charge < -0.3 is 10.6 Å². The molecule has 2 N–H and O–H groups in total. The van der Waals surface area contributed by atoms with Gasteiger partial charge in [-0.1, -0.05) is 27.5 Å². The molecule has 1 aromatic carbocycles. The summed E-state index contributed by atoms with van der Waals surface area (Å²) in [5.41, 5.74) is 8.04. The lowest BCUT2D eigenvalue weighted by Gasteiger charge is -2.19. The van der Waals surface area contributed by atoms with Crippen molar-refractivity contribution in [2.45, 2.75) is 6.92 Å². The average Bonchev–Trinajstić information content (AvgIpc) is 2.68. The molecular formula is C13H12BrClN2OS. The molecule has 1 heterocycles. The Morgan fingerprint density at radius 2 is 2.16 bits per heavy atom. The summed E-state index contributed by atoms with van der Waals surface area (Å²) < 4.78 is 0.875. The summed E-state index contributed by atoms with van der Waals surface area (Å²) in [4.78, 5) is 14.4. The van der Waals surface area contributed by atoms with Crippen LogP contribution in [0, 0.1) is 6.92 Å². The number of rotatable bonds is 2. The lowest BCUT2D eigenvalue weighted by atomic mass is 10.2. The monoisotopic (exact) mass is 358 g/mol. The van der Waals surface area contributed by atoms with Crippen molar-refractivity contribution in [2.24, 2.45) is 0 Å². The van der Waals surface area contributed by atoms with E-state index in [1.807, 2.05) is 18.4 Å². The fourth-order valence-corrected chi connectivity index (χ4v) is 3.29. The predicted molar refractivity (Wildman–Crippen MR) is 85.4 cm³/mol. The Morgan fingerprint density at radius 1 is 1.47 bits per heavy atom. The largest absolute Gasteiger partial charge is 0.397 e. The van der Waals surface area contributed by atoms with Gasteiger partial charge in [0.1, 0.15) is 4.88 Å². The second kappa shape index (κ2) is 5.53. The Balaban J connectivity index is 2.36. The number of halogens is 2. The van der Waals surface area contributed by atoms with Crippen LogP contribution in [0.25, 0.3) is 0 Å². The number of thiophene rings is 1. The van der Waals surface area contributed by atoms with Crippen LogP contribution in [-0.2, 0) is 0 Å². The van der Waals surface area contributed by atoms with Crippen LogP contribution >= 0.6 is 38.9 Å². The first-order chi connectivity index (χ1) is 8.91. The van der Waals surface area contributed by atoms with Gasteiger partial charge in [-0.25, -0.2) is 0 Å². The van der Waals surface area contributed by atoms with E-state index in [4.69, 9.17) is 17.3 Å². The highest BCUT2D eigenvalue weighted by atomic mass is 79.9. The summed E-state index contributed by atoms with van der Waals surface area (Å²) in [6, 6.07) is 5.41. The van der Waals surface area contributed by atoms with Gasteiger partial charge in [-0.15, -0.1) is 11.3 Å². The fourth-order valence-electron chi connectivity index (χ4n) is 1.67. The van der Waals surface area contributed by atoms with Crippen LogP contribution in [0.4, 0.5) is 11.4 Å². The third-order valence-corrected chi connectivity index (χ3v) is 4.93. The Kier molecular flexibility index (Phi) is 4.18. The second-order valence-electron chi connectivity index (χ2n) is 4.13. The van der Waals surface area contributed by atoms with E-state index in [1.54, 1.807) is 19.2 Å². The topological polar surface area (TPSA) is 46.3 Å². The van der Waals surface area contributed by atoms with Crippen molar-refractivity contribution in [3.8, 4) is 0 Å². The van der Waals surface area contributed by atoms with Crippen LogP contribution in [0.3, 0.4) is 0 Å². The summed E-state index contributed by atoms with van der Waals surface area (Å²) in [7, 11) is 1.69. The van der Waals surface area contributed by atoms with Gasteiger partial charge in [0.15, 0.2) is 0 Å². The van der Waals surface area contributed by atoms with E-state index in [9.17, 15) is 4.79 Å². The zero-order valence-electron chi connectivity index (χ0n) is 10.4. The van der Waals surface area contributed by atoms with E-state index in [-0.39, 0.29) is 5.91 Å². The zero-order chi connectivity index (χ0) is 14.2. The van der Waals surface area contributed by atoms with E-state index in [0.29, 0.717) is 21.3 Å². The molecule has 0 fully saturated rings. The summed E-state index contributed by atoms with van der Waals surface area (Å²) >= 11 is 10.8. The molecule has 0 aliphatic rings. The Bertz CT molecular complexity index is 642. The molecular weight excluding hydrogens is 348 g/mol. The minimum absolute atomic E-state index is 0.155. The van der Waals surface area contributed by atoms with Crippen molar-refractivity contribution in [3.63, 3.8) is 0 Å². The lowest BCUT2D eigenvalue weighted by molar-refractivity contribution is 0.0997. The smallest absolute Gasteiger partial charge is 0.269 e. The SMILES string of the molecule is Cc1csc(C(=O)N(C)c2ccc(Br)cc2N)c1Cl. The third kappa shape index (κ3) is 2.78. The minimum Gasteiger partial charge on any atom is -0.397 e. The Morgan fingerprint density at radius 3 is 2.68 bits per heavy atom. The molecule has 0 radical (unpaired) electrons. The highest BCUT2D eigenvalue weighted by Gasteiger charge is 2.20. The number of amides is 1. The highest BCUT2D eigenvalue weighted by Crippen LogP contribution is 2.31. The molecule has 0 spiro atoms. The van der Waals surface area contributed by atoms with Gasteiger partial charge in [0, 0.05) is 11.5 Å². The lowest BCUT2D eigenvalue weighted by Crippen LogP contribution is -2.26. The number of nitrogens with two attached hydrogens (primary N) is 1. The normalized spacial score (nSPS) is 10.5. The molecule has 1 aromatic heterocycles. The van der Waals surface area contributed by atoms with Gasteiger partial charge in [-0.05, 0) is 36.1 Å². The fraction of sp³-hybridized carbons (Fsp3) is 0.154. The molecule has 1 amide bonds. The molecule has 100 valence electrons. The van der Waals surface area contributed by atoms with Gasteiger partial charge in [0.25, 0.3) is 5.91 Å². The minimum atomic E-state index is -0.155. The van der Waals surface area contributed by atoms with Crippen molar-refractivity contribution < 1.29 is 4.79 Å². The standard InChI is InChI=1S/C13H12BrClN2OS/c1-7-6-19-12(11(7)15)13(18)17(2)10-4-3-8(14)5-9(10)16/h3-6H,16H2,1-2H3. The number of aryl methyl sites for hydroxylation is 1. The molecule has 2 aromatic rings. The van der Waals surface area contributed by atoms with Crippen molar-refractivity contribution in [1.29, 1.82) is 0 Å². The highest BCUT2D eigenvalue weighted by molar-refractivity contribution is 9.10. The number of anilines is 2. The molecule has 0 aliphatic heterocycles. The molecule has 0 saturated carbocycles. The average molecular weight is 360 g/mol. The van der Waals surface area contributed by atoms with Crippen LogP contribution < -0.4 is 10.6 Å². The van der Waals surface area contributed by atoms with Gasteiger partial charge in [-0.3, -0.25) is 4.79 Å². The molecule has 0 aliphatic carbocycles. The van der Waals surface area contributed by atoms with Crippen molar-refractivity contribution >= 4 is 56.1 Å². The number of carbonyl (C=O) groups is 1. The maximum absolute atomic E-state index is 12.4.